The number of likely N-dealkylation sites (tertiary alicyclic amines) is 1. The first-order valence-electron chi connectivity index (χ1n) is 9.44. The highest BCUT2D eigenvalue weighted by Gasteiger charge is 2.70. The number of carbonyl (C=O) groups excluding carboxylic acids is 3. The molecule has 0 saturated carbocycles. The molecule has 152 valence electrons. The lowest BCUT2D eigenvalue weighted by Gasteiger charge is -2.26. The standard InChI is InChI=1S/C20H26N2O6/c1-6-22-17(23)14-15(18(22)24)20(3,19(25)28-7-2)21-16(14)11-8-9-12(26-4)13(10-11)27-5/h8-10,14-16,21H,6-7H2,1-5H3/p+1/t14-,15-,16+,20+/m0/s1. The molecule has 1 aromatic rings. The molecular weight excluding hydrogens is 364 g/mol. The molecular formula is C20H27N2O6+. The number of imide groups is 1. The molecule has 0 unspecified atom stereocenters. The molecule has 2 aliphatic heterocycles. The third-order valence-electron chi connectivity index (χ3n) is 5.83. The van der Waals surface area contributed by atoms with Gasteiger partial charge in [-0.05, 0) is 32.0 Å². The number of esters is 1. The fraction of sp³-hybridized carbons (Fsp3) is 0.550. The number of benzene rings is 1. The SMILES string of the molecule is CCOC(=O)[C@]1(C)[NH2+][C@H](c2ccc(OC)c(OC)c2)[C@H]2C(=O)N(CC)C(=O)[C@H]21. The molecule has 2 amide bonds. The van der Waals surface area contributed by atoms with E-state index in [1.807, 2.05) is 6.07 Å². The summed E-state index contributed by atoms with van der Waals surface area (Å²) in [4.78, 5) is 40.0. The molecule has 8 nitrogen and oxygen atoms in total. The molecule has 2 heterocycles. The summed E-state index contributed by atoms with van der Waals surface area (Å²) in [5.41, 5.74) is -0.380. The molecule has 2 saturated heterocycles. The lowest BCUT2D eigenvalue weighted by molar-refractivity contribution is -0.731. The van der Waals surface area contributed by atoms with Gasteiger partial charge in [-0.2, -0.15) is 0 Å². The van der Waals surface area contributed by atoms with Crippen LogP contribution in [0.4, 0.5) is 0 Å². The fourth-order valence-corrected chi connectivity index (χ4v) is 4.48. The Hall–Kier alpha value is -2.61. The minimum atomic E-state index is -1.17. The molecule has 0 aliphatic carbocycles. The molecule has 0 radical (unpaired) electrons. The van der Waals surface area contributed by atoms with Gasteiger partial charge in [0.1, 0.15) is 17.9 Å². The van der Waals surface area contributed by atoms with Crippen LogP contribution < -0.4 is 14.8 Å². The average Bonchev–Trinajstić information content (AvgIpc) is 3.15. The van der Waals surface area contributed by atoms with E-state index in [9.17, 15) is 14.4 Å². The smallest absolute Gasteiger partial charge is 0.368 e. The molecule has 28 heavy (non-hydrogen) atoms. The van der Waals surface area contributed by atoms with Crippen molar-refractivity contribution in [2.45, 2.75) is 32.4 Å². The normalized spacial score (nSPS) is 29.0. The van der Waals surface area contributed by atoms with Crippen molar-refractivity contribution in [3.63, 3.8) is 0 Å². The highest BCUT2D eigenvalue weighted by molar-refractivity contribution is 6.08. The zero-order valence-corrected chi connectivity index (χ0v) is 16.9. The zero-order valence-electron chi connectivity index (χ0n) is 16.9. The van der Waals surface area contributed by atoms with Crippen LogP contribution in [0.25, 0.3) is 0 Å². The Morgan fingerprint density at radius 1 is 1.14 bits per heavy atom. The van der Waals surface area contributed by atoms with Crippen LogP contribution in [-0.4, -0.2) is 55.6 Å². The maximum Gasteiger partial charge on any atom is 0.368 e. The van der Waals surface area contributed by atoms with Crippen molar-refractivity contribution >= 4 is 17.8 Å². The molecule has 8 heteroatoms. The van der Waals surface area contributed by atoms with E-state index < -0.39 is 29.4 Å². The summed E-state index contributed by atoms with van der Waals surface area (Å²) in [5, 5.41) is 1.80. The van der Waals surface area contributed by atoms with Crippen molar-refractivity contribution in [3.05, 3.63) is 23.8 Å². The number of ether oxygens (including phenoxy) is 3. The van der Waals surface area contributed by atoms with Gasteiger partial charge in [0.2, 0.25) is 17.4 Å². The van der Waals surface area contributed by atoms with Crippen molar-refractivity contribution in [2.75, 3.05) is 27.4 Å². The number of nitrogens with two attached hydrogens (primary N) is 1. The summed E-state index contributed by atoms with van der Waals surface area (Å²) in [6, 6.07) is 4.98. The van der Waals surface area contributed by atoms with Crippen molar-refractivity contribution in [1.29, 1.82) is 0 Å². The van der Waals surface area contributed by atoms with Gasteiger partial charge in [0.15, 0.2) is 11.5 Å². The second kappa shape index (κ2) is 7.43. The Balaban J connectivity index is 2.09. The van der Waals surface area contributed by atoms with Gasteiger partial charge in [0.05, 0.1) is 20.8 Å². The van der Waals surface area contributed by atoms with Gasteiger partial charge in [-0.1, -0.05) is 0 Å². The maximum atomic E-state index is 13.0. The van der Waals surface area contributed by atoms with Crippen molar-refractivity contribution in [1.82, 2.24) is 4.90 Å². The lowest BCUT2D eigenvalue weighted by Crippen LogP contribution is -2.97. The number of nitrogens with zero attached hydrogens (tertiary/aromatic N) is 1. The number of rotatable bonds is 6. The summed E-state index contributed by atoms with van der Waals surface area (Å²) in [5.74, 6) is -1.35. The Kier molecular flexibility index (Phi) is 5.34. The van der Waals surface area contributed by atoms with E-state index in [1.54, 1.807) is 45.3 Å². The molecule has 2 fully saturated rings. The number of hydrogen-bond acceptors (Lipinski definition) is 6. The second-order valence-electron chi connectivity index (χ2n) is 7.23. The van der Waals surface area contributed by atoms with Crippen LogP contribution >= 0.6 is 0 Å². The Bertz CT molecular complexity index is 810. The van der Waals surface area contributed by atoms with Crippen molar-refractivity contribution in [2.24, 2.45) is 11.8 Å². The first kappa shape index (κ1) is 20.1. The fourth-order valence-electron chi connectivity index (χ4n) is 4.48. The van der Waals surface area contributed by atoms with Crippen molar-refractivity contribution < 1.29 is 33.9 Å². The van der Waals surface area contributed by atoms with Crippen LogP contribution in [0.2, 0.25) is 0 Å². The van der Waals surface area contributed by atoms with E-state index in [4.69, 9.17) is 14.2 Å². The van der Waals surface area contributed by atoms with Gasteiger partial charge in [0.25, 0.3) is 0 Å². The topological polar surface area (TPSA) is 98.8 Å². The first-order chi connectivity index (χ1) is 13.3. The molecule has 0 spiro atoms. The van der Waals surface area contributed by atoms with E-state index in [0.717, 1.165) is 5.56 Å². The Morgan fingerprint density at radius 3 is 2.39 bits per heavy atom. The summed E-state index contributed by atoms with van der Waals surface area (Å²) in [6.07, 6.45) is 0. The molecule has 1 aromatic carbocycles. The Labute approximate surface area is 164 Å². The summed E-state index contributed by atoms with van der Waals surface area (Å²) in [6.45, 7) is 5.66. The van der Waals surface area contributed by atoms with Gasteiger partial charge in [-0.3, -0.25) is 14.5 Å². The Morgan fingerprint density at radius 2 is 1.82 bits per heavy atom. The molecule has 0 bridgehead atoms. The molecule has 2 N–H and O–H groups in total. The van der Waals surface area contributed by atoms with E-state index >= 15 is 0 Å². The number of fused-ring (bicyclic) bond motifs is 1. The lowest BCUT2D eigenvalue weighted by atomic mass is 9.80. The van der Waals surface area contributed by atoms with Gasteiger partial charge in [-0.25, -0.2) is 4.79 Å². The minimum Gasteiger partial charge on any atom is -0.493 e. The van der Waals surface area contributed by atoms with Crippen LogP contribution in [0.5, 0.6) is 11.5 Å². The number of hydrogen-bond donors (Lipinski definition) is 1. The average molecular weight is 391 g/mol. The highest BCUT2D eigenvalue weighted by Crippen LogP contribution is 2.45. The first-order valence-corrected chi connectivity index (χ1v) is 9.44. The van der Waals surface area contributed by atoms with Gasteiger partial charge >= 0.3 is 5.97 Å². The molecule has 2 aliphatic rings. The van der Waals surface area contributed by atoms with Crippen LogP contribution in [-0.2, 0) is 19.1 Å². The second-order valence-corrected chi connectivity index (χ2v) is 7.23. The quantitative estimate of drug-likeness (QED) is 0.552. The number of methoxy groups -OCH3 is 2. The van der Waals surface area contributed by atoms with Gasteiger partial charge in [0, 0.05) is 19.0 Å². The largest absolute Gasteiger partial charge is 0.493 e. The molecule has 3 rings (SSSR count). The number of amides is 2. The third kappa shape index (κ3) is 2.83. The molecule has 4 atom stereocenters. The number of carbonyl (C=O) groups is 3. The highest BCUT2D eigenvalue weighted by atomic mass is 16.5. The summed E-state index contributed by atoms with van der Waals surface area (Å²) < 4.78 is 15.9. The van der Waals surface area contributed by atoms with Gasteiger partial charge in [-0.15, -0.1) is 0 Å². The van der Waals surface area contributed by atoms with Crippen LogP contribution in [0.3, 0.4) is 0 Å². The minimum absolute atomic E-state index is 0.209. The zero-order chi connectivity index (χ0) is 20.6. The van der Waals surface area contributed by atoms with Crippen molar-refractivity contribution in [3.8, 4) is 11.5 Å². The predicted octanol–water partition coefficient (Wildman–Crippen LogP) is 0.265. The van der Waals surface area contributed by atoms with E-state index in [1.165, 1.54) is 12.0 Å². The predicted molar refractivity (Wildman–Crippen MR) is 98.6 cm³/mol. The van der Waals surface area contributed by atoms with E-state index in [2.05, 4.69) is 0 Å². The van der Waals surface area contributed by atoms with Crippen LogP contribution in [0, 0.1) is 11.8 Å². The van der Waals surface area contributed by atoms with Gasteiger partial charge < -0.3 is 19.5 Å². The molecule has 0 aromatic heterocycles. The monoisotopic (exact) mass is 391 g/mol. The van der Waals surface area contributed by atoms with E-state index in [0.29, 0.717) is 11.5 Å². The van der Waals surface area contributed by atoms with Crippen LogP contribution in [0.1, 0.15) is 32.4 Å². The maximum absolute atomic E-state index is 13.0. The number of quaternary nitrogens is 1. The van der Waals surface area contributed by atoms with Crippen LogP contribution in [0.15, 0.2) is 18.2 Å². The summed E-state index contributed by atoms with van der Waals surface area (Å²) >= 11 is 0. The van der Waals surface area contributed by atoms with E-state index in [-0.39, 0.29) is 25.0 Å². The summed E-state index contributed by atoms with van der Waals surface area (Å²) in [7, 11) is 3.08. The third-order valence-corrected chi connectivity index (χ3v) is 5.83.